The lowest BCUT2D eigenvalue weighted by Gasteiger charge is -2.01. The third-order valence-electron chi connectivity index (χ3n) is 3.58. The molecule has 0 bridgehead atoms. The van der Waals surface area contributed by atoms with Gasteiger partial charge in [-0.1, -0.05) is 36.8 Å². The first-order chi connectivity index (χ1) is 11.2. The van der Waals surface area contributed by atoms with E-state index in [2.05, 4.69) is 51.9 Å². The van der Waals surface area contributed by atoms with Gasteiger partial charge in [0.05, 0.1) is 10.2 Å². The summed E-state index contributed by atoms with van der Waals surface area (Å²) in [7, 11) is 0. The highest BCUT2D eigenvalue weighted by atomic mass is 127. The topological polar surface area (TPSA) is 42.0 Å². The SMILES string of the molecule is CCCCc1ccc2nc(NC(=O)c3cccc(I)c3)sc2c1. The van der Waals surface area contributed by atoms with Crippen molar-refractivity contribution in [3.05, 3.63) is 57.2 Å². The molecule has 0 saturated heterocycles. The Morgan fingerprint density at radius 3 is 2.91 bits per heavy atom. The number of aryl methyl sites for hydroxylation is 1. The molecular formula is C18H17IN2OS. The number of hydrogen-bond acceptors (Lipinski definition) is 3. The fourth-order valence-electron chi connectivity index (χ4n) is 2.36. The Morgan fingerprint density at radius 2 is 2.13 bits per heavy atom. The first kappa shape index (κ1) is 16.4. The maximum Gasteiger partial charge on any atom is 0.257 e. The molecule has 3 rings (SSSR count). The van der Waals surface area contributed by atoms with E-state index in [0.717, 1.165) is 20.2 Å². The minimum atomic E-state index is -0.117. The second-order valence-electron chi connectivity index (χ2n) is 5.39. The summed E-state index contributed by atoms with van der Waals surface area (Å²) in [5.41, 5.74) is 2.92. The molecule has 1 N–H and O–H groups in total. The third-order valence-corrected chi connectivity index (χ3v) is 5.18. The van der Waals surface area contributed by atoms with Crippen LogP contribution in [0.25, 0.3) is 10.2 Å². The minimum absolute atomic E-state index is 0.117. The number of thiazole rings is 1. The zero-order valence-electron chi connectivity index (χ0n) is 12.8. The van der Waals surface area contributed by atoms with Gasteiger partial charge in [0, 0.05) is 9.13 Å². The van der Waals surface area contributed by atoms with Gasteiger partial charge in [-0.3, -0.25) is 10.1 Å². The Morgan fingerprint density at radius 1 is 1.26 bits per heavy atom. The van der Waals surface area contributed by atoms with E-state index in [0.29, 0.717) is 10.7 Å². The van der Waals surface area contributed by atoms with Gasteiger partial charge in [0.2, 0.25) is 0 Å². The van der Waals surface area contributed by atoms with Crippen LogP contribution in [0.4, 0.5) is 5.13 Å². The van der Waals surface area contributed by atoms with Crippen molar-refractivity contribution in [1.29, 1.82) is 0 Å². The summed E-state index contributed by atoms with van der Waals surface area (Å²) in [5.74, 6) is -0.117. The molecule has 1 heterocycles. The summed E-state index contributed by atoms with van der Waals surface area (Å²) >= 11 is 3.73. The van der Waals surface area contributed by atoms with Crippen molar-refractivity contribution in [1.82, 2.24) is 4.98 Å². The number of aromatic nitrogens is 1. The first-order valence-corrected chi connectivity index (χ1v) is 9.51. The molecule has 3 nitrogen and oxygen atoms in total. The van der Waals surface area contributed by atoms with Gasteiger partial charge >= 0.3 is 0 Å². The van der Waals surface area contributed by atoms with Crippen LogP contribution in [0, 0.1) is 3.57 Å². The van der Waals surface area contributed by atoms with Crippen molar-refractivity contribution in [3.63, 3.8) is 0 Å². The number of carbonyl (C=O) groups excluding carboxylic acids is 1. The average Bonchev–Trinajstić information content (AvgIpc) is 2.94. The molecule has 23 heavy (non-hydrogen) atoms. The van der Waals surface area contributed by atoms with Crippen LogP contribution in [-0.4, -0.2) is 10.9 Å². The monoisotopic (exact) mass is 436 g/mol. The van der Waals surface area contributed by atoms with Gasteiger partial charge < -0.3 is 0 Å². The molecule has 0 aliphatic rings. The Balaban J connectivity index is 1.79. The van der Waals surface area contributed by atoms with E-state index in [1.54, 1.807) is 0 Å². The zero-order chi connectivity index (χ0) is 16.2. The third kappa shape index (κ3) is 4.09. The van der Waals surface area contributed by atoms with E-state index < -0.39 is 0 Å². The summed E-state index contributed by atoms with van der Waals surface area (Å²) in [6.07, 6.45) is 3.48. The van der Waals surface area contributed by atoms with Gasteiger partial charge in [0.1, 0.15) is 0 Å². The molecule has 1 amide bonds. The predicted octanol–water partition coefficient (Wildman–Crippen LogP) is 5.50. The lowest BCUT2D eigenvalue weighted by atomic mass is 10.1. The zero-order valence-corrected chi connectivity index (χ0v) is 15.8. The van der Waals surface area contributed by atoms with Crippen LogP contribution < -0.4 is 5.32 Å². The number of carbonyl (C=O) groups is 1. The average molecular weight is 436 g/mol. The van der Waals surface area contributed by atoms with Crippen LogP contribution in [-0.2, 0) is 6.42 Å². The Hall–Kier alpha value is -1.47. The second-order valence-corrected chi connectivity index (χ2v) is 7.67. The van der Waals surface area contributed by atoms with Crippen LogP contribution in [0.2, 0.25) is 0 Å². The van der Waals surface area contributed by atoms with E-state index >= 15 is 0 Å². The predicted molar refractivity (Wildman–Crippen MR) is 105 cm³/mol. The maximum absolute atomic E-state index is 12.3. The summed E-state index contributed by atoms with van der Waals surface area (Å²) < 4.78 is 2.16. The molecule has 0 saturated carbocycles. The molecule has 0 aliphatic carbocycles. The molecule has 0 aliphatic heterocycles. The van der Waals surface area contributed by atoms with Crippen molar-refractivity contribution < 1.29 is 4.79 Å². The fraction of sp³-hybridized carbons (Fsp3) is 0.222. The number of nitrogens with one attached hydrogen (secondary N) is 1. The Labute approximate surface area is 153 Å². The minimum Gasteiger partial charge on any atom is -0.298 e. The number of hydrogen-bond donors (Lipinski definition) is 1. The standard InChI is InChI=1S/C18H17IN2OS/c1-2-3-5-12-8-9-15-16(10-12)23-18(20-15)21-17(22)13-6-4-7-14(19)11-13/h4,6-11H,2-3,5H2,1H3,(H,20,21,22). The smallest absolute Gasteiger partial charge is 0.257 e. The number of fused-ring (bicyclic) bond motifs is 1. The lowest BCUT2D eigenvalue weighted by molar-refractivity contribution is 0.102. The largest absolute Gasteiger partial charge is 0.298 e. The van der Waals surface area contributed by atoms with E-state index in [-0.39, 0.29) is 5.91 Å². The van der Waals surface area contributed by atoms with Crippen molar-refractivity contribution in [2.75, 3.05) is 5.32 Å². The highest BCUT2D eigenvalue weighted by molar-refractivity contribution is 14.1. The second kappa shape index (κ2) is 7.40. The summed E-state index contributed by atoms with van der Waals surface area (Å²) in [5, 5.41) is 3.55. The van der Waals surface area contributed by atoms with Gasteiger partial charge in [0.15, 0.2) is 5.13 Å². The van der Waals surface area contributed by atoms with Gasteiger partial charge in [-0.2, -0.15) is 0 Å². The number of amides is 1. The van der Waals surface area contributed by atoms with Gasteiger partial charge in [-0.15, -0.1) is 0 Å². The summed E-state index contributed by atoms with van der Waals surface area (Å²) in [6.45, 7) is 2.20. The van der Waals surface area contributed by atoms with E-state index in [1.165, 1.54) is 29.7 Å². The highest BCUT2D eigenvalue weighted by Gasteiger charge is 2.10. The number of benzene rings is 2. The van der Waals surface area contributed by atoms with Crippen molar-refractivity contribution in [3.8, 4) is 0 Å². The van der Waals surface area contributed by atoms with Crippen LogP contribution in [0.5, 0.6) is 0 Å². The summed E-state index contributed by atoms with van der Waals surface area (Å²) in [4.78, 5) is 16.8. The molecule has 0 radical (unpaired) electrons. The maximum atomic E-state index is 12.3. The molecule has 2 aromatic carbocycles. The quantitative estimate of drug-likeness (QED) is 0.537. The molecule has 3 aromatic rings. The Bertz CT molecular complexity index is 844. The van der Waals surface area contributed by atoms with Gasteiger partial charge in [0.25, 0.3) is 5.91 Å². The van der Waals surface area contributed by atoms with Crippen molar-refractivity contribution >= 4 is 55.2 Å². The van der Waals surface area contributed by atoms with E-state index in [1.807, 2.05) is 30.3 Å². The van der Waals surface area contributed by atoms with Crippen LogP contribution >= 0.6 is 33.9 Å². The van der Waals surface area contributed by atoms with Gasteiger partial charge in [-0.05, 0) is 71.3 Å². The van der Waals surface area contributed by atoms with E-state index in [4.69, 9.17) is 0 Å². The first-order valence-electron chi connectivity index (χ1n) is 7.62. The summed E-state index contributed by atoms with van der Waals surface area (Å²) in [6, 6.07) is 13.9. The van der Waals surface area contributed by atoms with Crippen LogP contribution in [0.3, 0.4) is 0 Å². The number of anilines is 1. The normalized spacial score (nSPS) is 10.9. The van der Waals surface area contributed by atoms with E-state index in [9.17, 15) is 4.79 Å². The van der Waals surface area contributed by atoms with Crippen molar-refractivity contribution in [2.24, 2.45) is 0 Å². The highest BCUT2D eigenvalue weighted by Crippen LogP contribution is 2.27. The molecule has 5 heteroatoms. The number of nitrogens with zero attached hydrogens (tertiary/aromatic N) is 1. The number of unbranched alkanes of at least 4 members (excludes halogenated alkanes) is 1. The molecule has 0 atom stereocenters. The molecule has 118 valence electrons. The fourth-order valence-corrected chi connectivity index (χ4v) is 3.83. The van der Waals surface area contributed by atoms with Crippen molar-refractivity contribution in [2.45, 2.75) is 26.2 Å². The Kier molecular flexibility index (Phi) is 5.27. The lowest BCUT2D eigenvalue weighted by Crippen LogP contribution is -2.11. The number of rotatable bonds is 5. The molecule has 0 fully saturated rings. The molecular weight excluding hydrogens is 419 g/mol. The van der Waals surface area contributed by atoms with Crippen LogP contribution in [0.15, 0.2) is 42.5 Å². The molecule has 1 aromatic heterocycles. The van der Waals surface area contributed by atoms with Gasteiger partial charge in [-0.25, -0.2) is 4.98 Å². The number of halogens is 1. The molecule has 0 spiro atoms. The van der Waals surface area contributed by atoms with Crippen LogP contribution in [0.1, 0.15) is 35.7 Å². The molecule has 0 unspecified atom stereocenters.